The van der Waals surface area contributed by atoms with Gasteiger partial charge in [0.05, 0.1) is 22.8 Å². The Morgan fingerprint density at radius 3 is 2.57 bits per heavy atom. The number of nitrogens with one attached hydrogen (secondary N) is 1. The number of aryl methyl sites for hydroxylation is 1. The SMILES string of the molecule is Cc1cc(C(=O)Nc2ccc(C#N)c(C(F)(F)F)c2)co1. The van der Waals surface area contributed by atoms with Crippen LogP contribution in [0.5, 0.6) is 0 Å². The molecule has 0 unspecified atom stereocenters. The lowest BCUT2D eigenvalue weighted by Crippen LogP contribution is -2.13. The Kier molecular flexibility index (Phi) is 3.72. The van der Waals surface area contributed by atoms with Crippen LogP contribution in [0.3, 0.4) is 0 Å². The van der Waals surface area contributed by atoms with E-state index in [1.807, 2.05) is 0 Å². The number of nitrogens with zero attached hydrogens (tertiary/aromatic N) is 1. The molecule has 4 nitrogen and oxygen atoms in total. The predicted octanol–water partition coefficient (Wildman–Crippen LogP) is 3.73. The number of carbonyl (C=O) groups excluding carboxylic acids is 1. The Labute approximate surface area is 117 Å². The van der Waals surface area contributed by atoms with Crippen molar-refractivity contribution >= 4 is 11.6 Å². The fourth-order valence-electron chi connectivity index (χ4n) is 1.72. The van der Waals surface area contributed by atoms with Gasteiger partial charge in [-0.2, -0.15) is 18.4 Å². The van der Waals surface area contributed by atoms with Crippen molar-refractivity contribution in [2.75, 3.05) is 5.32 Å². The Bertz CT molecular complexity index is 727. The third kappa shape index (κ3) is 3.23. The summed E-state index contributed by atoms with van der Waals surface area (Å²) in [5.41, 5.74) is -1.44. The molecule has 108 valence electrons. The molecule has 1 amide bonds. The lowest BCUT2D eigenvalue weighted by Gasteiger charge is -2.11. The molecule has 2 aromatic rings. The molecule has 0 aliphatic heterocycles. The molecule has 0 bridgehead atoms. The minimum atomic E-state index is -4.67. The molecule has 0 saturated heterocycles. The highest BCUT2D eigenvalue weighted by molar-refractivity contribution is 6.04. The molecule has 1 N–H and O–H groups in total. The molecule has 1 aromatic carbocycles. The fraction of sp³-hybridized carbons (Fsp3) is 0.143. The molecule has 0 atom stereocenters. The number of alkyl halides is 3. The lowest BCUT2D eigenvalue weighted by atomic mass is 10.1. The summed E-state index contributed by atoms with van der Waals surface area (Å²) >= 11 is 0. The molecule has 0 saturated carbocycles. The first-order chi connectivity index (χ1) is 9.81. The number of furan rings is 1. The van der Waals surface area contributed by atoms with Crippen molar-refractivity contribution in [2.45, 2.75) is 13.1 Å². The molecule has 2 rings (SSSR count). The number of hydrogen-bond acceptors (Lipinski definition) is 3. The largest absolute Gasteiger partial charge is 0.469 e. The number of amides is 1. The van der Waals surface area contributed by atoms with Crippen LogP contribution in [0.1, 0.15) is 27.2 Å². The van der Waals surface area contributed by atoms with Crippen molar-refractivity contribution in [3.05, 3.63) is 53.0 Å². The van der Waals surface area contributed by atoms with Gasteiger partial charge in [0.1, 0.15) is 12.0 Å². The fourth-order valence-corrected chi connectivity index (χ4v) is 1.72. The normalized spacial score (nSPS) is 11.0. The predicted molar refractivity (Wildman–Crippen MR) is 67.6 cm³/mol. The number of hydrogen-bond donors (Lipinski definition) is 1. The highest BCUT2D eigenvalue weighted by Crippen LogP contribution is 2.33. The van der Waals surface area contributed by atoms with Gasteiger partial charge in [-0.05, 0) is 31.2 Å². The molecule has 0 radical (unpaired) electrons. The van der Waals surface area contributed by atoms with Crippen LogP contribution in [0.4, 0.5) is 18.9 Å². The van der Waals surface area contributed by atoms with Crippen LogP contribution < -0.4 is 5.32 Å². The summed E-state index contributed by atoms with van der Waals surface area (Å²) in [5.74, 6) is -0.0827. The van der Waals surface area contributed by atoms with Crippen molar-refractivity contribution in [1.82, 2.24) is 0 Å². The van der Waals surface area contributed by atoms with E-state index in [1.54, 1.807) is 6.92 Å². The van der Waals surface area contributed by atoms with E-state index in [0.29, 0.717) is 5.76 Å². The third-order valence-corrected chi connectivity index (χ3v) is 2.70. The van der Waals surface area contributed by atoms with Gasteiger partial charge in [-0.1, -0.05) is 0 Å². The smallest absolute Gasteiger partial charge is 0.417 e. The number of carbonyl (C=O) groups is 1. The van der Waals surface area contributed by atoms with E-state index in [9.17, 15) is 18.0 Å². The van der Waals surface area contributed by atoms with Gasteiger partial charge < -0.3 is 9.73 Å². The van der Waals surface area contributed by atoms with E-state index in [0.717, 1.165) is 12.1 Å². The number of halogens is 3. The zero-order valence-corrected chi connectivity index (χ0v) is 10.8. The van der Waals surface area contributed by atoms with Crippen LogP contribution in [-0.2, 0) is 6.18 Å². The van der Waals surface area contributed by atoms with Gasteiger partial charge in [-0.3, -0.25) is 4.79 Å². The Hall–Kier alpha value is -2.75. The van der Waals surface area contributed by atoms with Crippen LogP contribution in [-0.4, -0.2) is 5.91 Å². The molecular weight excluding hydrogens is 285 g/mol. The maximum absolute atomic E-state index is 12.8. The van der Waals surface area contributed by atoms with Gasteiger partial charge in [0.15, 0.2) is 0 Å². The van der Waals surface area contributed by atoms with Crippen LogP contribution in [0, 0.1) is 18.3 Å². The van der Waals surface area contributed by atoms with E-state index in [4.69, 9.17) is 9.68 Å². The quantitative estimate of drug-likeness (QED) is 0.917. The second kappa shape index (κ2) is 5.32. The maximum atomic E-state index is 12.8. The van der Waals surface area contributed by atoms with Gasteiger partial charge in [0.25, 0.3) is 5.91 Å². The van der Waals surface area contributed by atoms with E-state index < -0.39 is 23.2 Å². The third-order valence-electron chi connectivity index (χ3n) is 2.70. The second-order valence-electron chi connectivity index (χ2n) is 4.27. The molecule has 7 heteroatoms. The standard InChI is InChI=1S/C14H9F3N2O2/c1-8-4-10(7-21-8)13(20)19-11-3-2-9(6-18)12(5-11)14(15,16)17/h2-5,7H,1H3,(H,19,20). The van der Waals surface area contributed by atoms with Gasteiger partial charge >= 0.3 is 6.18 Å². The van der Waals surface area contributed by atoms with E-state index in [2.05, 4.69) is 5.32 Å². The molecule has 1 aromatic heterocycles. The minimum Gasteiger partial charge on any atom is -0.469 e. The summed E-state index contributed by atoms with van der Waals surface area (Å²) in [6.07, 6.45) is -3.46. The van der Waals surface area contributed by atoms with Gasteiger partial charge in [-0.15, -0.1) is 0 Å². The molecule has 21 heavy (non-hydrogen) atoms. The number of anilines is 1. The average molecular weight is 294 g/mol. The Morgan fingerprint density at radius 2 is 2.05 bits per heavy atom. The van der Waals surface area contributed by atoms with Crippen molar-refractivity contribution in [3.63, 3.8) is 0 Å². The highest BCUT2D eigenvalue weighted by Gasteiger charge is 2.34. The van der Waals surface area contributed by atoms with Crippen LogP contribution >= 0.6 is 0 Å². The van der Waals surface area contributed by atoms with Crippen molar-refractivity contribution in [3.8, 4) is 6.07 Å². The summed E-state index contributed by atoms with van der Waals surface area (Å²) in [5, 5.41) is 11.0. The van der Waals surface area contributed by atoms with Gasteiger partial charge in [-0.25, -0.2) is 0 Å². The Balaban J connectivity index is 2.30. The number of rotatable bonds is 2. The first-order valence-electron chi connectivity index (χ1n) is 5.79. The van der Waals surface area contributed by atoms with E-state index >= 15 is 0 Å². The summed E-state index contributed by atoms with van der Waals surface area (Å²) < 4.78 is 43.4. The first kappa shape index (κ1) is 14.7. The number of benzene rings is 1. The Morgan fingerprint density at radius 1 is 1.33 bits per heavy atom. The second-order valence-corrected chi connectivity index (χ2v) is 4.27. The van der Waals surface area contributed by atoms with Gasteiger partial charge in [0.2, 0.25) is 0 Å². The van der Waals surface area contributed by atoms with Crippen LogP contribution in [0.15, 0.2) is 34.9 Å². The molecule has 1 heterocycles. The minimum absolute atomic E-state index is 0.0508. The van der Waals surface area contributed by atoms with E-state index in [1.165, 1.54) is 24.5 Å². The molecule has 0 spiro atoms. The zero-order valence-electron chi connectivity index (χ0n) is 10.8. The van der Waals surface area contributed by atoms with Crippen molar-refractivity contribution in [2.24, 2.45) is 0 Å². The van der Waals surface area contributed by atoms with Crippen molar-refractivity contribution < 1.29 is 22.4 Å². The molecule has 0 aliphatic rings. The van der Waals surface area contributed by atoms with Gasteiger partial charge in [0, 0.05) is 5.69 Å². The average Bonchev–Trinajstić information content (AvgIpc) is 2.84. The summed E-state index contributed by atoms with van der Waals surface area (Å²) in [4.78, 5) is 11.8. The highest BCUT2D eigenvalue weighted by atomic mass is 19.4. The monoisotopic (exact) mass is 294 g/mol. The molecule has 0 fully saturated rings. The summed E-state index contributed by atoms with van der Waals surface area (Å²) in [7, 11) is 0. The lowest BCUT2D eigenvalue weighted by molar-refractivity contribution is -0.137. The molecule has 0 aliphatic carbocycles. The van der Waals surface area contributed by atoms with Crippen molar-refractivity contribution in [1.29, 1.82) is 5.26 Å². The zero-order chi connectivity index (χ0) is 15.6. The van der Waals surface area contributed by atoms with E-state index in [-0.39, 0.29) is 11.3 Å². The first-order valence-corrected chi connectivity index (χ1v) is 5.79. The molecular formula is C14H9F3N2O2. The van der Waals surface area contributed by atoms with Crippen LogP contribution in [0.2, 0.25) is 0 Å². The number of nitriles is 1. The summed E-state index contributed by atoms with van der Waals surface area (Å²) in [6, 6.07) is 5.91. The maximum Gasteiger partial charge on any atom is 0.417 e. The van der Waals surface area contributed by atoms with Crippen LogP contribution in [0.25, 0.3) is 0 Å². The topological polar surface area (TPSA) is 66.0 Å². The summed E-state index contributed by atoms with van der Waals surface area (Å²) in [6.45, 7) is 1.64.